The van der Waals surface area contributed by atoms with Crippen LogP contribution in [0.25, 0.3) is 0 Å². The van der Waals surface area contributed by atoms with E-state index in [1.165, 1.54) is 7.11 Å². The molecule has 4 aliphatic rings. The zero-order chi connectivity index (χ0) is 67.7. The van der Waals surface area contributed by atoms with Gasteiger partial charge in [-0.2, -0.15) is 0 Å². The number of carbonyl (C=O) groups is 10. The molecule has 3 amide bonds. The largest absolute Gasteiger partial charge is 0.480 e. The van der Waals surface area contributed by atoms with E-state index in [2.05, 4.69) is 10.6 Å². The number of rotatable bonds is 22. The molecule has 3 aliphatic heterocycles. The van der Waals surface area contributed by atoms with Crippen LogP contribution in [-0.2, 0) is 81.1 Å². The van der Waals surface area contributed by atoms with Crippen LogP contribution in [0.1, 0.15) is 138 Å². The highest BCUT2D eigenvalue weighted by molar-refractivity contribution is 8.00. The maximum absolute atomic E-state index is 14.7. The van der Waals surface area contributed by atoms with Crippen molar-refractivity contribution in [2.45, 2.75) is 205 Å². The number of allylic oxidation sites excluding steroid dienone is 6. The summed E-state index contributed by atoms with van der Waals surface area (Å²) in [5.74, 6) is -14.1. The molecule has 8 N–H and O–H groups in total. The average Bonchev–Trinajstić information content (AvgIpc) is 0.861. The molecule has 0 aromatic carbocycles. The number of hydrogen-bond acceptors (Lipinski definition) is 21. The molecule has 0 aromatic heterocycles. The molecule has 512 valence electrons. The van der Waals surface area contributed by atoms with Gasteiger partial charge in [0.1, 0.15) is 55.4 Å². The zero-order valence-corrected chi connectivity index (χ0v) is 55.3. The van der Waals surface area contributed by atoms with Gasteiger partial charge in [0.05, 0.1) is 36.8 Å². The van der Waals surface area contributed by atoms with Crippen molar-refractivity contribution in [2.24, 2.45) is 41.2 Å². The first-order chi connectivity index (χ1) is 43.0. The molecule has 4 rings (SSSR count). The number of piperidine rings is 1. The zero-order valence-electron chi connectivity index (χ0n) is 54.5. The fourth-order valence-corrected chi connectivity index (χ4v) is 12.9. The second-order valence-corrected chi connectivity index (χ2v) is 25.9. The number of esters is 2. The highest BCUT2D eigenvalue weighted by Crippen LogP contribution is 2.38. The second-order valence-electron chi connectivity index (χ2n) is 24.9. The summed E-state index contributed by atoms with van der Waals surface area (Å²) >= 11 is 0.937. The molecule has 3 heterocycles. The molecule has 91 heavy (non-hydrogen) atoms. The van der Waals surface area contributed by atoms with Gasteiger partial charge in [0, 0.05) is 70.6 Å². The van der Waals surface area contributed by atoms with Gasteiger partial charge in [-0.1, -0.05) is 71.1 Å². The van der Waals surface area contributed by atoms with Gasteiger partial charge < -0.3 is 74.9 Å². The fourth-order valence-electron chi connectivity index (χ4n) is 12.1. The van der Waals surface area contributed by atoms with Gasteiger partial charge in [0.15, 0.2) is 5.78 Å². The number of thioether (sulfide) groups is 1. The summed E-state index contributed by atoms with van der Waals surface area (Å²) in [5.41, 5.74) is 6.65. The number of nitrogens with one attached hydrogen (secondary N) is 2. The predicted octanol–water partition coefficient (Wildman–Crippen LogP) is 4.36. The number of hydrogen-bond donors (Lipinski definition) is 7. The number of Topliss-reactive ketones (excluding diaryl/α,β-unsaturated/α-hetero) is 3. The highest BCUT2D eigenvalue weighted by atomic mass is 32.2. The number of ketones is 3. The van der Waals surface area contributed by atoms with Crippen LogP contribution < -0.4 is 16.4 Å². The van der Waals surface area contributed by atoms with Crippen LogP contribution in [0.3, 0.4) is 0 Å². The number of cyclic esters (lactones) is 1. The standard InChI is InChI=1S/C65H100N4O21S/c1-37-16-12-11-13-17-38(2)51(84-8)32-45-21-19-43(7)65(83,90-45)60(77)62(79)69-25-15-14-18-48(69)64(82)89-52(33-49(70)39(3)29-42(6)58(76)59(86-10)57(75)41(5)28-37)40(4)30-44-20-23-50(53(31-44)85-9)87-26-27-88-56(74)36-91-35-47(61(78)67-34-55(72)73)68-54(71)24-22-46(66)63(80)81/h11-13,16-17,29,37,39-41,43-48,50-53,58-59,76,83H,14-15,18-28,30-36,66H2,1-10H3,(H,67,78)(H,68,71)(H,72,73)(H,80,81)/b13-11+,16-12+,38-17+,42-29+/t37-,39-,40-,41-,43-,44+,45+,46+,47+,48+,50-,51+,52+,53-,58-,59+,65-/m1/s1. The maximum Gasteiger partial charge on any atom is 0.329 e. The van der Waals surface area contributed by atoms with Gasteiger partial charge in [-0.15, -0.1) is 11.8 Å². The summed E-state index contributed by atoms with van der Waals surface area (Å²) < 4.78 is 41.4. The third kappa shape index (κ3) is 24.3. The summed E-state index contributed by atoms with van der Waals surface area (Å²) in [6.45, 7) is 11.6. The number of methoxy groups -OCH3 is 3. The van der Waals surface area contributed by atoms with E-state index in [1.807, 2.05) is 51.2 Å². The summed E-state index contributed by atoms with van der Waals surface area (Å²) in [6, 6.07) is -3.80. The van der Waals surface area contributed by atoms with Crippen LogP contribution in [-0.4, -0.2) is 210 Å². The minimum atomic E-state index is -2.50. The Morgan fingerprint density at radius 3 is 2.26 bits per heavy atom. The minimum absolute atomic E-state index is 0.00125. The SMILES string of the molecule is CO[C@H]1C[C@@H]2CC[C@@H](C)[C@@](O)(O2)C(=O)C(=O)N2CCCC[C@H]2C(=O)O[C@H]([C@H](C)C[C@@H]2CC[C@@H](OCCOC(=O)CSC[C@H](NC(=O)CC[C@H](N)C(=O)O)C(=O)NCC(=O)O)[C@H](OC)C2)CC(=O)[C@H](C)/C=C(\C)[C@@H](O)[C@@H](OC)C(=O)[C@H](C)C[C@H](C)/C=C/C=C/C=C/1C. The Bertz CT molecular complexity index is 2610. The Hall–Kier alpha value is -5.71. The van der Waals surface area contributed by atoms with E-state index in [0.717, 1.165) is 22.2 Å². The van der Waals surface area contributed by atoms with E-state index in [0.29, 0.717) is 63.4 Å². The van der Waals surface area contributed by atoms with E-state index in [4.69, 9.17) is 49.1 Å². The summed E-state index contributed by atoms with van der Waals surface area (Å²) in [4.78, 5) is 133. The van der Waals surface area contributed by atoms with Gasteiger partial charge >= 0.3 is 23.9 Å². The summed E-state index contributed by atoms with van der Waals surface area (Å²) in [6.07, 6.45) is 9.43. The number of carbonyl (C=O) groups excluding carboxylic acids is 8. The lowest BCUT2D eigenvalue weighted by atomic mass is 9.78. The lowest BCUT2D eigenvalue weighted by Gasteiger charge is -2.42. The quantitative estimate of drug-likeness (QED) is 0.0343. The fraction of sp³-hybridized carbons (Fsp3) is 0.723. The average molecular weight is 1310 g/mol. The van der Waals surface area contributed by atoms with Crippen LogP contribution in [0.4, 0.5) is 0 Å². The molecule has 3 fully saturated rings. The number of aliphatic hydroxyl groups is 2. The predicted molar refractivity (Wildman–Crippen MR) is 335 cm³/mol. The minimum Gasteiger partial charge on any atom is -0.480 e. The molecule has 17 atom stereocenters. The van der Waals surface area contributed by atoms with Gasteiger partial charge in [0.25, 0.3) is 11.7 Å². The number of carboxylic acid groups (broad SMARTS) is 2. The Morgan fingerprint density at radius 1 is 0.868 bits per heavy atom. The van der Waals surface area contributed by atoms with Crippen molar-refractivity contribution in [3.05, 3.63) is 47.6 Å². The lowest BCUT2D eigenvalue weighted by molar-refractivity contribution is -0.265. The van der Waals surface area contributed by atoms with Gasteiger partial charge in [0.2, 0.25) is 17.6 Å². The van der Waals surface area contributed by atoms with Crippen molar-refractivity contribution in [1.29, 1.82) is 0 Å². The Morgan fingerprint density at radius 2 is 1.59 bits per heavy atom. The number of aliphatic carboxylic acids is 2. The molecule has 2 bridgehead atoms. The van der Waals surface area contributed by atoms with Gasteiger partial charge in [-0.05, 0) is 113 Å². The maximum atomic E-state index is 14.7. The third-order valence-corrected chi connectivity index (χ3v) is 18.7. The second kappa shape index (κ2) is 38.5. The van der Waals surface area contributed by atoms with E-state index in [-0.39, 0.29) is 86.8 Å². The van der Waals surface area contributed by atoms with Crippen LogP contribution in [0.15, 0.2) is 47.6 Å². The number of fused-ring (bicyclic) bond motifs is 3. The number of aliphatic hydroxyl groups excluding tert-OH is 1. The number of nitrogens with zero attached hydrogens (tertiary/aromatic N) is 1. The molecule has 2 saturated heterocycles. The molecule has 0 spiro atoms. The number of ether oxygens (including phenoxy) is 7. The van der Waals surface area contributed by atoms with E-state index >= 15 is 0 Å². The van der Waals surface area contributed by atoms with E-state index < -0.39 is 144 Å². The van der Waals surface area contributed by atoms with Crippen molar-refractivity contribution < 1.29 is 102 Å². The smallest absolute Gasteiger partial charge is 0.329 e. The van der Waals surface area contributed by atoms with E-state index in [9.17, 15) is 58.2 Å². The molecule has 1 aliphatic carbocycles. The first kappa shape index (κ1) is 77.7. The van der Waals surface area contributed by atoms with Crippen LogP contribution in [0.2, 0.25) is 0 Å². The van der Waals surface area contributed by atoms with Crippen molar-refractivity contribution in [3.63, 3.8) is 0 Å². The van der Waals surface area contributed by atoms with Crippen molar-refractivity contribution >= 4 is 70.7 Å². The summed E-state index contributed by atoms with van der Waals surface area (Å²) in [5, 5.41) is 46.3. The lowest BCUT2D eigenvalue weighted by Crippen LogP contribution is -2.61. The monoisotopic (exact) mass is 1300 g/mol. The Kier molecular flexibility index (Phi) is 32.9. The first-order valence-corrected chi connectivity index (χ1v) is 32.8. The highest BCUT2D eigenvalue weighted by Gasteiger charge is 2.53. The third-order valence-electron chi connectivity index (χ3n) is 17.7. The van der Waals surface area contributed by atoms with Crippen molar-refractivity contribution in [2.75, 3.05) is 59.1 Å². The molecule has 0 unspecified atom stereocenters. The van der Waals surface area contributed by atoms with E-state index in [1.54, 1.807) is 48.0 Å². The first-order valence-electron chi connectivity index (χ1n) is 31.7. The molecular formula is C65H100N4O21S. The normalized spacial score (nSPS) is 32.6. The topological polar surface area (TPSA) is 370 Å². The van der Waals surface area contributed by atoms with Crippen LogP contribution in [0, 0.1) is 35.5 Å². The Labute approximate surface area is 538 Å². The van der Waals surface area contributed by atoms with Crippen LogP contribution in [0.5, 0.6) is 0 Å². The van der Waals surface area contributed by atoms with Gasteiger partial charge in [-0.25, -0.2) is 4.79 Å². The number of nitrogens with two attached hydrogens (primary N) is 1. The number of carboxylic acids is 2. The van der Waals surface area contributed by atoms with Gasteiger partial charge in [-0.3, -0.25) is 43.2 Å². The summed E-state index contributed by atoms with van der Waals surface area (Å²) in [7, 11) is 4.45. The number of amides is 3. The molecule has 26 heteroatoms. The molecule has 0 aromatic rings. The van der Waals surface area contributed by atoms with Crippen molar-refractivity contribution in [3.8, 4) is 0 Å². The molecular weight excluding hydrogens is 1200 g/mol. The molecule has 1 saturated carbocycles. The Balaban J connectivity index is 1.51. The van der Waals surface area contributed by atoms with Crippen molar-refractivity contribution in [1.82, 2.24) is 15.5 Å². The molecule has 0 radical (unpaired) electrons. The van der Waals surface area contributed by atoms with Crippen LogP contribution >= 0.6 is 11.8 Å². The molecule has 25 nitrogen and oxygen atoms in total.